The molecular formula is C25H32N2O4. The van der Waals surface area contributed by atoms with Gasteiger partial charge in [0.1, 0.15) is 17.6 Å². The smallest absolute Gasteiger partial charge is 0.254 e. The molecule has 6 nitrogen and oxygen atoms in total. The Kier molecular flexibility index (Phi) is 8.33. The Morgan fingerprint density at radius 2 is 1.68 bits per heavy atom. The Morgan fingerprint density at radius 3 is 2.39 bits per heavy atom. The van der Waals surface area contributed by atoms with E-state index in [-0.39, 0.29) is 30.5 Å². The van der Waals surface area contributed by atoms with E-state index in [1.165, 1.54) is 4.90 Å². The van der Waals surface area contributed by atoms with E-state index in [2.05, 4.69) is 12.2 Å². The molecule has 2 aromatic carbocycles. The first-order valence-electron chi connectivity index (χ1n) is 11.1. The van der Waals surface area contributed by atoms with Crippen LogP contribution in [0.4, 0.5) is 0 Å². The molecule has 0 heterocycles. The van der Waals surface area contributed by atoms with Gasteiger partial charge >= 0.3 is 0 Å². The van der Waals surface area contributed by atoms with Gasteiger partial charge < -0.3 is 19.7 Å². The van der Waals surface area contributed by atoms with E-state index >= 15 is 0 Å². The Balaban J connectivity index is 1.54. The summed E-state index contributed by atoms with van der Waals surface area (Å²) in [6.07, 6.45) is 4.75. The third-order valence-electron chi connectivity index (χ3n) is 5.38. The van der Waals surface area contributed by atoms with Crippen molar-refractivity contribution in [2.75, 3.05) is 20.2 Å². The van der Waals surface area contributed by atoms with Gasteiger partial charge in [0, 0.05) is 12.6 Å². The van der Waals surface area contributed by atoms with Crippen molar-refractivity contribution in [1.82, 2.24) is 10.2 Å². The summed E-state index contributed by atoms with van der Waals surface area (Å²) in [5, 5.41) is 3.08. The topological polar surface area (TPSA) is 67.9 Å². The van der Waals surface area contributed by atoms with Gasteiger partial charge in [0.25, 0.3) is 5.91 Å². The summed E-state index contributed by atoms with van der Waals surface area (Å²) >= 11 is 0. The highest BCUT2D eigenvalue weighted by Crippen LogP contribution is 2.25. The minimum atomic E-state index is -0.171. The number of hydrogen-bond donors (Lipinski definition) is 1. The van der Waals surface area contributed by atoms with Crippen molar-refractivity contribution in [3.63, 3.8) is 0 Å². The van der Waals surface area contributed by atoms with Crippen LogP contribution in [-0.2, 0) is 4.79 Å². The van der Waals surface area contributed by atoms with Crippen LogP contribution < -0.4 is 14.8 Å². The first-order chi connectivity index (χ1) is 15.1. The molecule has 0 radical (unpaired) electrons. The maximum absolute atomic E-state index is 12.6. The third-order valence-corrected chi connectivity index (χ3v) is 5.38. The van der Waals surface area contributed by atoms with Gasteiger partial charge in [0.15, 0.2) is 0 Å². The van der Waals surface area contributed by atoms with Gasteiger partial charge in [-0.2, -0.15) is 0 Å². The van der Waals surface area contributed by atoms with Crippen LogP contribution in [0.15, 0.2) is 54.6 Å². The highest BCUT2D eigenvalue weighted by atomic mass is 16.5. The van der Waals surface area contributed by atoms with E-state index in [1.807, 2.05) is 42.5 Å². The van der Waals surface area contributed by atoms with E-state index in [1.54, 1.807) is 19.2 Å². The van der Waals surface area contributed by atoms with Crippen LogP contribution in [0.3, 0.4) is 0 Å². The number of nitrogens with zero attached hydrogens (tertiary/aromatic N) is 1. The van der Waals surface area contributed by atoms with Crippen LogP contribution in [0, 0.1) is 0 Å². The van der Waals surface area contributed by atoms with Crippen molar-refractivity contribution in [2.45, 2.75) is 51.2 Å². The molecule has 31 heavy (non-hydrogen) atoms. The van der Waals surface area contributed by atoms with Crippen molar-refractivity contribution >= 4 is 11.8 Å². The van der Waals surface area contributed by atoms with Crippen LogP contribution in [0.1, 0.15) is 49.4 Å². The molecule has 1 N–H and O–H groups in total. The lowest BCUT2D eigenvalue weighted by atomic mass is 9.92. The van der Waals surface area contributed by atoms with Crippen LogP contribution in [0.2, 0.25) is 0 Å². The summed E-state index contributed by atoms with van der Waals surface area (Å²) in [6.45, 7) is 2.78. The summed E-state index contributed by atoms with van der Waals surface area (Å²) in [5.74, 6) is 1.26. The fourth-order valence-electron chi connectivity index (χ4n) is 3.75. The molecule has 166 valence electrons. The largest absolute Gasteiger partial charge is 0.494 e. The van der Waals surface area contributed by atoms with Crippen LogP contribution in [0.25, 0.3) is 0 Å². The Bertz CT molecular complexity index is 838. The number of rotatable bonds is 9. The van der Waals surface area contributed by atoms with Crippen LogP contribution in [-0.4, -0.2) is 49.1 Å². The molecule has 6 heteroatoms. The summed E-state index contributed by atoms with van der Waals surface area (Å²) in [6, 6.07) is 16.5. The monoisotopic (exact) mass is 424 g/mol. The molecule has 1 aliphatic carbocycles. The highest BCUT2D eigenvalue weighted by Gasteiger charge is 2.29. The molecular weight excluding hydrogens is 392 g/mol. The summed E-state index contributed by atoms with van der Waals surface area (Å²) in [7, 11) is 1.64. The molecule has 2 atom stereocenters. The van der Waals surface area contributed by atoms with Gasteiger partial charge in [-0.25, -0.2) is 0 Å². The van der Waals surface area contributed by atoms with E-state index in [9.17, 15) is 9.59 Å². The molecule has 1 fully saturated rings. The number of carbonyl (C=O) groups is 2. The number of nitrogens with one attached hydrogen (secondary N) is 1. The SMILES string of the molecule is CCCOc1ccc(O[C@H]2CCCC[C@H]2NC(=O)CN(C)C(=O)c2ccccc2)cc1. The van der Waals surface area contributed by atoms with Crippen molar-refractivity contribution in [2.24, 2.45) is 0 Å². The summed E-state index contributed by atoms with van der Waals surface area (Å²) in [4.78, 5) is 26.5. The first kappa shape index (κ1) is 22.7. The molecule has 0 spiro atoms. The number of carbonyl (C=O) groups excluding carboxylic acids is 2. The van der Waals surface area contributed by atoms with Gasteiger partial charge in [-0.3, -0.25) is 9.59 Å². The molecule has 2 amide bonds. The maximum atomic E-state index is 12.6. The molecule has 0 bridgehead atoms. The Hall–Kier alpha value is -3.02. The second-order valence-electron chi connectivity index (χ2n) is 7.96. The van der Waals surface area contributed by atoms with Gasteiger partial charge in [0.05, 0.1) is 19.2 Å². The van der Waals surface area contributed by atoms with Gasteiger partial charge in [-0.05, 0) is 62.1 Å². The molecule has 2 aromatic rings. The lowest BCUT2D eigenvalue weighted by Gasteiger charge is -2.33. The van der Waals surface area contributed by atoms with Gasteiger partial charge in [0.2, 0.25) is 5.91 Å². The minimum absolute atomic E-state index is 0.0143. The molecule has 0 unspecified atom stereocenters. The van der Waals surface area contributed by atoms with E-state index in [0.29, 0.717) is 12.2 Å². The van der Waals surface area contributed by atoms with Crippen LogP contribution in [0.5, 0.6) is 11.5 Å². The lowest BCUT2D eigenvalue weighted by molar-refractivity contribution is -0.123. The second-order valence-corrected chi connectivity index (χ2v) is 7.96. The number of hydrogen-bond acceptors (Lipinski definition) is 4. The molecule has 0 saturated heterocycles. The normalized spacial score (nSPS) is 18.1. The molecule has 1 aliphatic rings. The molecule has 0 aliphatic heterocycles. The zero-order valence-corrected chi connectivity index (χ0v) is 18.4. The second kappa shape index (κ2) is 11.4. The van der Waals surface area contributed by atoms with Crippen molar-refractivity contribution in [3.8, 4) is 11.5 Å². The van der Waals surface area contributed by atoms with Crippen molar-refractivity contribution in [3.05, 3.63) is 60.2 Å². The standard InChI is InChI=1S/C25H32N2O4/c1-3-17-30-20-13-15-21(16-14-20)31-23-12-8-7-11-22(23)26-24(28)18-27(2)25(29)19-9-5-4-6-10-19/h4-6,9-10,13-16,22-23H,3,7-8,11-12,17-18H2,1-2H3,(H,26,28)/t22-,23+/m1/s1. The van der Waals surface area contributed by atoms with Crippen molar-refractivity contribution in [1.29, 1.82) is 0 Å². The quantitative estimate of drug-likeness (QED) is 0.659. The maximum Gasteiger partial charge on any atom is 0.254 e. The Morgan fingerprint density at radius 1 is 1.00 bits per heavy atom. The third kappa shape index (κ3) is 6.74. The number of benzene rings is 2. The fraction of sp³-hybridized carbons (Fsp3) is 0.440. The fourth-order valence-corrected chi connectivity index (χ4v) is 3.75. The highest BCUT2D eigenvalue weighted by molar-refractivity contribution is 5.96. The van der Waals surface area contributed by atoms with Gasteiger partial charge in [-0.15, -0.1) is 0 Å². The number of amides is 2. The lowest BCUT2D eigenvalue weighted by Crippen LogP contribution is -2.50. The predicted octanol–water partition coefficient (Wildman–Crippen LogP) is 4.05. The zero-order valence-electron chi connectivity index (χ0n) is 18.4. The van der Waals surface area contributed by atoms with E-state index in [4.69, 9.17) is 9.47 Å². The average Bonchev–Trinajstić information content (AvgIpc) is 2.80. The molecule has 0 aromatic heterocycles. The minimum Gasteiger partial charge on any atom is -0.494 e. The molecule has 1 saturated carbocycles. The van der Waals surface area contributed by atoms with Crippen molar-refractivity contribution < 1.29 is 19.1 Å². The predicted molar refractivity (Wildman–Crippen MR) is 120 cm³/mol. The summed E-state index contributed by atoms with van der Waals surface area (Å²) in [5.41, 5.74) is 0.572. The average molecular weight is 425 g/mol. The zero-order chi connectivity index (χ0) is 22.1. The first-order valence-corrected chi connectivity index (χ1v) is 11.1. The van der Waals surface area contributed by atoms with Crippen LogP contribution >= 0.6 is 0 Å². The van der Waals surface area contributed by atoms with Gasteiger partial charge in [-0.1, -0.05) is 31.5 Å². The van der Waals surface area contributed by atoms with E-state index < -0.39 is 0 Å². The summed E-state index contributed by atoms with van der Waals surface area (Å²) < 4.78 is 11.8. The number of likely N-dealkylation sites (N-methyl/N-ethyl adjacent to an activating group) is 1. The molecule has 3 rings (SSSR count). The number of ether oxygens (including phenoxy) is 2. The van der Waals surface area contributed by atoms with E-state index in [0.717, 1.165) is 43.6 Å². The Labute approximate surface area is 184 Å².